The second-order valence-electron chi connectivity index (χ2n) is 7.38. The first kappa shape index (κ1) is 22.7. The maximum atomic E-state index is 12.3. The molecule has 4 amide bonds. The Balaban J connectivity index is 1.58. The normalized spacial score (nSPS) is 15.4. The molecule has 8 nitrogen and oxygen atoms in total. The van der Waals surface area contributed by atoms with E-state index >= 15 is 0 Å². The summed E-state index contributed by atoms with van der Waals surface area (Å²) in [6.45, 7) is 7.74. The second kappa shape index (κ2) is 12.1. The Labute approximate surface area is 173 Å². The monoisotopic (exact) mass is 403 g/mol. The molecule has 0 saturated carbocycles. The molecular formula is C21H33N5O3. The quantitative estimate of drug-likeness (QED) is 0.572. The lowest BCUT2D eigenvalue weighted by Crippen LogP contribution is -2.52. The van der Waals surface area contributed by atoms with Gasteiger partial charge in [-0.1, -0.05) is 37.3 Å². The van der Waals surface area contributed by atoms with E-state index in [-0.39, 0.29) is 30.3 Å². The molecule has 0 aliphatic carbocycles. The number of rotatable bonds is 9. The van der Waals surface area contributed by atoms with Gasteiger partial charge in [0.15, 0.2) is 0 Å². The van der Waals surface area contributed by atoms with E-state index < -0.39 is 0 Å². The van der Waals surface area contributed by atoms with Gasteiger partial charge in [0, 0.05) is 51.7 Å². The van der Waals surface area contributed by atoms with Crippen molar-refractivity contribution >= 4 is 17.8 Å². The molecule has 1 atom stereocenters. The molecule has 3 N–H and O–H groups in total. The standard InChI is InChI=1S/C21H33N5O3/c1-3-17(2)24-19(27)16-25-11-13-26(14-12-25)20(28)9-10-22-21(29)23-15-18-7-5-4-6-8-18/h4-8,17H,3,9-16H2,1-2H3,(H,24,27)(H2,22,23,29)/t17-/m1/s1. The number of amides is 4. The van der Waals surface area contributed by atoms with Crippen LogP contribution in [-0.4, -0.2) is 73.0 Å². The molecule has 0 unspecified atom stereocenters. The van der Waals surface area contributed by atoms with Crippen molar-refractivity contribution in [3.8, 4) is 0 Å². The fourth-order valence-corrected chi connectivity index (χ4v) is 3.06. The summed E-state index contributed by atoms with van der Waals surface area (Å²) in [6, 6.07) is 9.56. The van der Waals surface area contributed by atoms with Crippen molar-refractivity contribution in [1.29, 1.82) is 0 Å². The van der Waals surface area contributed by atoms with Gasteiger partial charge in [-0.2, -0.15) is 0 Å². The van der Waals surface area contributed by atoms with Crippen molar-refractivity contribution < 1.29 is 14.4 Å². The third-order valence-electron chi connectivity index (χ3n) is 5.03. The molecule has 1 aliphatic rings. The Morgan fingerprint density at radius 1 is 1.03 bits per heavy atom. The lowest BCUT2D eigenvalue weighted by atomic mass is 10.2. The average molecular weight is 404 g/mol. The molecule has 1 aromatic carbocycles. The third kappa shape index (κ3) is 8.51. The second-order valence-corrected chi connectivity index (χ2v) is 7.38. The minimum Gasteiger partial charge on any atom is -0.353 e. The molecule has 1 aromatic rings. The van der Waals surface area contributed by atoms with Crippen LogP contribution in [0.4, 0.5) is 4.79 Å². The van der Waals surface area contributed by atoms with Crippen LogP contribution < -0.4 is 16.0 Å². The predicted octanol–water partition coefficient (Wildman–Crippen LogP) is 0.935. The van der Waals surface area contributed by atoms with Crippen LogP contribution in [0.1, 0.15) is 32.3 Å². The zero-order chi connectivity index (χ0) is 21.1. The highest BCUT2D eigenvalue weighted by molar-refractivity contribution is 5.79. The van der Waals surface area contributed by atoms with Crippen molar-refractivity contribution in [2.75, 3.05) is 39.3 Å². The lowest BCUT2D eigenvalue weighted by Gasteiger charge is -2.34. The van der Waals surface area contributed by atoms with Crippen LogP contribution in [0.3, 0.4) is 0 Å². The van der Waals surface area contributed by atoms with Crippen LogP contribution in [0.25, 0.3) is 0 Å². The van der Waals surface area contributed by atoms with Gasteiger partial charge in [-0.25, -0.2) is 4.79 Å². The van der Waals surface area contributed by atoms with Crippen molar-refractivity contribution in [3.63, 3.8) is 0 Å². The molecule has 29 heavy (non-hydrogen) atoms. The number of benzene rings is 1. The molecule has 160 valence electrons. The van der Waals surface area contributed by atoms with E-state index in [1.54, 1.807) is 4.90 Å². The first-order valence-electron chi connectivity index (χ1n) is 10.3. The molecule has 0 spiro atoms. The lowest BCUT2D eigenvalue weighted by molar-refractivity contribution is -0.133. The molecular weight excluding hydrogens is 370 g/mol. The van der Waals surface area contributed by atoms with E-state index in [2.05, 4.69) is 20.9 Å². The molecule has 1 saturated heterocycles. The number of hydrogen-bond acceptors (Lipinski definition) is 4. The maximum absolute atomic E-state index is 12.3. The van der Waals surface area contributed by atoms with Gasteiger partial charge in [0.25, 0.3) is 0 Å². The van der Waals surface area contributed by atoms with Crippen molar-refractivity contribution in [1.82, 2.24) is 25.8 Å². The van der Waals surface area contributed by atoms with Crippen LogP contribution in [0.15, 0.2) is 30.3 Å². The van der Waals surface area contributed by atoms with Crippen LogP contribution in [0, 0.1) is 0 Å². The smallest absolute Gasteiger partial charge is 0.315 e. The fourth-order valence-electron chi connectivity index (χ4n) is 3.06. The zero-order valence-corrected chi connectivity index (χ0v) is 17.4. The van der Waals surface area contributed by atoms with Gasteiger partial charge in [0.2, 0.25) is 11.8 Å². The number of nitrogens with zero attached hydrogens (tertiary/aromatic N) is 2. The van der Waals surface area contributed by atoms with Gasteiger partial charge in [0.05, 0.1) is 6.54 Å². The molecule has 8 heteroatoms. The van der Waals surface area contributed by atoms with Gasteiger partial charge >= 0.3 is 6.03 Å². The van der Waals surface area contributed by atoms with Gasteiger partial charge in [-0.15, -0.1) is 0 Å². The molecule has 1 fully saturated rings. The number of urea groups is 1. The van der Waals surface area contributed by atoms with Crippen molar-refractivity contribution in [3.05, 3.63) is 35.9 Å². The molecule has 0 radical (unpaired) electrons. The molecule has 2 rings (SSSR count). The van der Waals surface area contributed by atoms with Gasteiger partial charge in [0.1, 0.15) is 0 Å². The summed E-state index contributed by atoms with van der Waals surface area (Å²) in [6.07, 6.45) is 1.18. The summed E-state index contributed by atoms with van der Waals surface area (Å²) >= 11 is 0. The summed E-state index contributed by atoms with van der Waals surface area (Å²) in [5.41, 5.74) is 1.02. The molecule has 1 heterocycles. The average Bonchev–Trinajstić information content (AvgIpc) is 2.73. The van der Waals surface area contributed by atoms with E-state index in [1.165, 1.54) is 0 Å². The molecule has 0 aromatic heterocycles. The van der Waals surface area contributed by atoms with E-state index in [0.717, 1.165) is 12.0 Å². The van der Waals surface area contributed by atoms with Crippen molar-refractivity contribution in [2.24, 2.45) is 0 Å². The highest BCUT2D eigenvalue weighted by atomic mass is 16.2. The summed E-state index contributed by atoms with van der Waals surface area (Å²) in [5.74, 6) is 0.0573. The number of hydrogen-bond donors (Lipinski definition) is 3. The van der Waals surface area contributed by atoms with E-state index in [4.69, 9.17) is 0 Å². The Morgan fingerprint density at radius 2 is 1.72 bits per heavy atom. The van der Waals surface area contributed by atoms with Gasteiger partial charge in [-0.3, -0.25) is 14.5 Å². The number of carbonyl (C=O) groups is 3. The summed E-state index contributed by atoms with van der Waals surface area (Å²) in [7, 11) is 0. The van der Waals surface area contributed by atoms with Crippen LogP contribution in [-0.2, 0) is 16.1 Å². The van der Waals surface area contributed by atoms with Crippen LogP contribution in [0.5, 0.6) is 0 Å². The highest BCUT2D eigenvalue weighted by Gasteiger charge is 2.22. The van der Waals surface area contributed by atoms with Gasteiger partial charge < -0.3 is 20.9 Å². The summed E-state index contributed by atoms with van der Waals surface area (Å²) in [5, 5.41) is 8.46. The van der Waals surface area contributed by atoms with E-state index in [9.17, 15) is 14.4 Å². The Bertz CT molecular complexity index is 660. The van der Waals surface area contributed by atoms with Crippen molar-refractivity contribution in [2.45, 2.75) is 39.3 Å². The van der Waals surface area contributed by atoms with E-state index in [1.807, 2.05) is 44.2 Å². The summed E-state index contributed by atoms with van der Waals surface area (Å²) in [4.78, 5) is 40.0. The zero-order valence-electron chi connectivity index (χ0n) is 17.4. The van der Waals surface area contributed by atoms with Gasteiger partial charge in [-0.05, 0) is 18.9 Å². The van der Waals surface area contributed by atoms with Crippen LogP contribution in [0.2, 0.25) is 0 Å². The number of carbonyl (C=O) groups excluding carboxylic acids is 3. The Kier molecular flexibility index (Phi) is 9.43. The SMILES string of the molecule is CC[C@@H](C)NC(=O)CN1CCN(C(=O)CCNC(=O)NCc2ccccc2)CC1. The summed E-state index contributed by atoms with van der Waals surface area (Å²) < 4.78 is 0. The van der Waals surface area contributed by atoms with Crippen LogP contribution >= 0.6 is 0 Å². The minimum atomic E-state index is -0.279. The number of piperazine rings is 1. The topological polar surface area (TPSA) is 93.8 Å². The highest BCUT2D eigenvalue weighted by Crippen LogP contribution is 2.04. The third-order valence-corrected chi connectivity index (χ3v) is 5.03. The number of nitrogens with one attached hydrogen (secondary N) is 3. The first-order chi connectivity index (χ1) is 14.0. The largest absolute Gasteiger partial charge is 0.353 e. The Morgan fingerprint density at radius 3 is 2.38 bits per heavy atom. The fraction of sp³-hybridized carbons (Fsp3) is 0.571. The maximum Gasteiger partial charge on any atom is 0.315 e. The molecule has 0 bridgehead atoms. The molecule has 1 aliphatic heterocycles. The van der Waals surface area contributed by atoms with E-state index in [0.29, 0.717) is 45.8 Å². The predicted molar refractivity (Wildman–Crippen MR) is 112 cm³/mol. The Hall–Kier alpha value is -2.61. The first-order valence-corrected chi connectivity index (χ1v) is 10.3. The minimum absolute atomic E-state index is 0.0251.